The standard InChI is InChI=1S/C22H29NO3/c1-3-5-12-26-20-11-10-16(13-21(20)25-4-2)15-23-22-18-9-7-6-8-17(18)14-19(22)24/h6-11,13,19,22-24H,3-5,12,14-15H2,1-2H3/t19-,22+/m0/s1. The van der Waals surface area contributed by atoms with Crippen LogP contribution in [0.5, 0.6) is 11.5 Å². The highest BCUT2D eigenvalue weighted by Crippen LogP contribution is 2.32. The van der Waals surface area contributed by atoms with Crippen LogP contribution in [0.4, 0.5) is 0 Å². The maximum Gasteiger partial charge on any atom is 0.161 e. The molecular formula is C22H29NO3. The van der Waals surface area contributed by atoms with Crippen LogP contribution in [-0.4, -0.2) is 24.4 Å². The number of rotatable bonds is 9. The van der Waals surface area contributed by atoms with Crippen molar-refractivity contribution in [3.8, 4) is 11.5 Å². The molecule has 0 bridgehead atoms. The van der Waals surface area contributed by atoms with Crippen LogP contribution in [0.3, 0.4) is 0 Å². The molecule has 140 valence electrons. The molecule has 2 N–H and O–H groups in total. The predicted molar refractivity (Wildman–Crippen MR) is 104 cm³/mol. The highest BCUT2D eigenvalue weighted by atomic mass is 16.5. The summed E-state index contributed by atoms with van der Waals surface area (Å²) in [4.78, 5) is 0. The molecule has 1 aliphatic carbocycles. The summed E-state index contributed by atoms with van der Waals surface area (Å²) in [5.41, 5.74) is 3.55. The lowest BCUT2D eigenvalue weighted by Crippen LogP contribution is -2.28. The SMILES string of the molecule is CCCCOc1ccc(CN[C@@H]2c3ccccc3C[C@@H]2O)cc1OCC. The van der Waals surface area contributed by atoms with Gasteiger partial charge in [0.05, 0.1) is 25.4 Å². The van der Waals surface area contributed by atoms with Gasteiger partial charge < -0.3 is 19.9 Å². The molecule has 1 aliphatic rings. The molecule has 0 amide bonds. The van der Waals surface area contributed by atoms with E-state index in [4.69, 9.17) is 9.47 Å². The van der Waals surface area contributed by atoms with Gasteiger partial charge in [0.2, 0.25) is 0 Å². The number of nitrogens with one attached hydrogen (secondary N) is 1. The lowest BCUT2D eigenvalue weighted by atomic mass is 10.1. The number of unbranched alkanes of at least 4 members (excludes halogenated alkanes) is 1. The molecule has 2 aromatic rings. The van der Waals surface area contributed by atoms with E-state index in [9.17, 15) is 5.11 Å². The minimum Gasteiger partial charge on any atom is -0.490 e. The number of fused-ring (bicyclic) bond motifs is 1. The number of benzene rings is 2. The van der Waals surface area contributed by atoms with Crippen LogP contribution in [0.2, 0.25) is 0 Å². The largest absolute Gasteiger partial charge is 0.490 e. The summed E-state index contributed by atoms with van der Waals surface area (Å²) in [5.74, 6) is 1.59. The van der Waals surface area contributed by atoms with Gasteiger partial charge in [0.25, 0.3) is 0 Å². The molecule has 0 spiro atoms. The minimum atomic E-state index is -0.379. The molecule has 2 atom stereocenters. The first-order chi connectivity index (χ1) is 12.7. The molecule has 26 heavy (non-hydrogen) atoms. The van der Waals surface area contributed by atoms with E-state index in [1.807, 2.05) is 31.2 Å². The Morgan fingerprint density at radius 3 is 2.73 bits per heavy atom. The predicted octanol–water partition coefficient (Wildman–Crippen LogP) is 4.01. The number of aliphatic hydroxyl groups is 1. The zero-order chi connectivity index (χ0) is 18.4. The second-order valence-corrected chi connectivity index (χ2v) is 6.74. The second kappa shape index (κ2) is 9.06. The first-order valence-corrected chi connectivity index (χ1v) is 9.60. The van der Waals surface area contributed by atoms with Gasteiger partial charge in [0.15, 0.2) is 11.5 Å². The average Bonchev–Trinajstić information content (AvgIpc) is 2.97. The summed E-state index contributed by atoms with van der Waals surface area (Å²) < 4.78 is 11.6. The molecule has 0 saturated heterocycles. The third-order valence-electron chi connectivity index (χ3n) is 4.79. The smallest absolute Gasteiger partial charge is 0.161 e. The van der Waals surface area contributed by atoms with Gasteiger partial charge in [-0.15, -0.1) is 0 Å². The summed E-state index contributed by atoms with van der Waals surface area (Å²) in [7, 11) is 0. The van der Waals surface area contributed by atoms with E-state index in [1.54, 1.807) is 0 Å². The van der Waals surface area contributed by atoms with Crippen LogP contribution in [0.15, 0.2) is 42.5 Å². The summed E-state index contributed by atoms with van der Waals surface area (Å²) in [6.45, 7) is 6.12. The fraction of sp³-hybridized carbons (Fsp3) is 0.455. The maximum absolute atomic E-state index is 10.4. The van der Waals surface area contributed by atoms with Gasteiger partial charge in [0.1, 0.15) is 0 Å². The van der Waals surface area contributed by atoms with Crippen LogP contribution in [0.25, 0.3) is 0 Å². The van der Waals surface area contributed by atoms with E-state index in [-0.39, 0.29) is 12.1 Å². The van der Waals surface area contributed by atoms with Gasteiger partial charge in [-0.2, -0.15) is 0 Å². The molecule has 2 aromatic carbocycles. The van der Waals surface area contributed by atoms with E-state index in [0.29, 0.717) is 26.2 Å². The quantitative estimate of drug-likeness (QED) is 0.667. The Kier molecular flexibility index (Phi) is 6.53. The topological polar surface area (TPSA) is 50.7 Å². The monoisotopic (exact) mass is 355 g/mol. The van der Waals surface area contributed by atoms with Crippen molar-refractivity contribution in [2.75, 3.05) is 13.2 Å². The molecule has 0 aliphatic heterocycles. The van der Waals surface area contributed by atoms with Crippen molar-refractivity contribution in [2.45, 2.75) is 51.8 Å². The number of hydrogen-bond donors (Lipinski definition) is 2. The third kappa shape index (κ3) is 4.37. The van der Waals surface area contributed by atoms with Gasteiger partial charge in [0, 0.05) is 13.0 Å². The molecular weight excluding hydrogens is 326 g/mol. The van der Waals surface area contributed by atoms with Crippen molar-refractivity contribution in [3.63, 3.8) is 0 Å². The molecule has 0 heterocycles. The Balaban J connectivity index is 1.67. The van der Waals surface area contributed by atoms with Gasteiger partial charge in [-0.1, -0.05) is 43.7 Å². The maximum atomic E-state index is 10.4. The summed E-state index contributed by atoms with van der Waals surface area (Å²) in [5, 5.41) is 13.9. The summed E-state index contributed by atoms with van der Waals surface area (Å²) in [6, 6.07) is 14.3. The minimum absolute atomic E-state index is 0.0257. The van der Waals surface area contributed by atoms with Gasteiger partial charge in [-0.05, 0) is 42.2 Å². The number of aliphatic hydroxyl groups excluding tert-OH is 1. The summed E-state index contributed by atoms with van der Waals surface area (Å²) >= 11 is 0. The van der Waals surface area contributed by atoms with Crippen molar-refractivity contribution < 1.29 is 14.6 Å². The van der Waals surface area contributed by atoms with Crippen LogP contribution in [-0.2, 0) is 13.0 Å². The molecule has 0 radical (unpaired) electrons. The lowest BCUT2D eigenvalue weighted by Gasteiger charge is -2.19. The van der Waals surface area contributed by atoms with Crippen molar-refractivity contribution in [1.29, 1.82) is 0 Å². The van der Waals surface area contributed by atoms with E-state index < -0.39 is 0 Å². The van der Waals surface area contributed by atoms with Gasteiger partial charge >= 0.3 is 0 Å². The fourth-order valence-electron chi connectivity index (χ4n) is 3.42. The molecule has 0 unspecified atom stereocenters. The average molecular weight is 355 g/mol. The van der Waals surface area contributed by atoms with Crippen LogP contribution in [0, 0.1) is 0 Å². The van der Waals surface area contributed by atoms with E-state index in [1.165, 1.54) is 11.1 Å². The normalized spacial score (nSPS) is 18.6. The van der Waals surface area contributed by atoms with Gasteiger partial charge in [-0.25, -0.2) is 0 Å². The Morgan fingerprint density at radius 1 is 1.08 bits per heavy atom. The summed E-state index contributed by atoms with van der Waals surface area (Å²) in [6.07, 6.45) is 2.48. The van der Waals surface area contributed by atoms with E-state index in [0.717, 1.165) is 29.9 Å². The van der Waals surface area contributed by atoms with Crippen LogP contribution in [0.1, 0.15) is 49.4 Å². The van der Waals surface area contributed by atoms with Crippen molar-refractivity contribution >= 4 is 0 Å². The van der Waals surface area contributed by atoms with Crippen molar-refractivity contribution in [3.05, 3.63) is 59.2 Å². The number of hydrogen-bond acceptors (Lipinski definition) is 4. The first kappa shape index (κ1) is 18.7. The Morgan fingerprint density at radius 2 is 1.92 bits per heavy atom. The van der Waals surface area contributed by atoms with Crippen LogP contribution >= 0.6 is 0 Å². The molecule has 0 fully saturated rings. The molecule has 4 nitrogen and oxygen atoms in total. The zero-order valence-electron chi connectivity index (χ0n) is 15.7. The lowest BCUT2D eigenvalue weighted by molar-refractivity contribution is 0.140. The number of ether oxygens (including phenoxy) is 2. The fourth-order valence-corrected chi connectivity index (χ4v) is 3.42. The Labute approximate surface area is 156 Å². The molecule has 0 aromatic heterocycles. The van der Waals surface area contributed by atoms with E-state index in [2.05, 4.69) is 30.4 Å². The Hall–Kier alpha value is -2.04. The van der Waals surface area contributed by atoms with Crippen LogP contribution < -0.4 is 14.8 Å². The zero-order valence-corrected chi connectivity index (χ0v) is 15.7. The molecule has 4 heteroatoms. The highest BCUT2D eigenvalue weighted by Gasteiger charge is 2.30. The third-order valence-corrected chi connectivity index (χ3v) is 4.79. The van der Waals surface area contributed by atoms with Crippen molar-refractivity contribution in [1.82, 2.24) is 5.32 Å². The van der Waals surface area contributed by atoms with Gasteiger partial charge in [-0.3, -0.25) is 0 Å². The molecule has 3 rings (SSSR count). The highest BCUT2D eigenvalue weighted by molar-refractivity contribution is 5.43. The Bertz CT molecular complexity index is 716. The first-order valence-electron chi connectivity index (χ1n) is 9.60. The second-order valence-electron chi connectivity index (χ2n) is 6.74. The van der Waals surface area contributed by atoms with Crippen molar-refractivity contribution in [2.24, 2.45) is 0 Å². The molecule has 0 saturated carbocycles. The van der Waals surface area contributed by atoms with E-state index >= 15 is 0 Å².